The summed E-state index contributed by atoms with van der Waals surface area (Å²) in [5.41, 5.74) is 1.17. The van der Waals surface area contributed by atoms with Crippen molar-refractivity contribution in [3.8, 4) is 0 Å². The van der Waals surface area contributed by atoms with E-state index in [-0.39, 0.29) is 5.92 Å². The van der Waals surface area contributed by atoms with Crippen molar-refractivity contribution in [3.05, 3.63) is 42.6 Å². The van der Waals surface area contributed by atoms with E-state index >= 15 is 0 Å². The first-order valence-electron chi connectivity index (χ1n) is 9.74. The average molecular weight is 353 g/mol. The molecule has 26 heavy (non-hydrogen) atoms. The Kier molecular flexibility index (Phi) is 5.18. The lowest BCUT2D eigenvalue weighted by atomic mass is 9.94. The first-order chi connectivity index (χ1) is 12.8. The number of piperidine rings is 2. The van der Waals surface area contributed by atoms with E-state index in [0.29, 0.717) is 5.91 Å². The van der Waals surface area contributed by atoms with E-state index in [0.717, 1.165) is 51.4 Å². The van der Waals surface area contributed by atoms with Crippen LogP contribution in [-0.2, 0) is 11.3 Å². The maximum absolute atomic E-state index is 12.7. The highest BCUT2D eigenvalue weighted by Gasteiger charge is 2.29. The molecule has 2 aliphatic heterocycles. The van der Waals surface area contributed by atoms with Crippen LogP contribution in [0.15, 0.2) is 37.1 Å². The van der Waals surface area contributed by atoms with Crippen LogP contribution in [0.25, 0.3) is 0 Å². The Morgan fingerprint density at radius 1 is 1.08 bits per heavy atom. The summed E-state index contributed by atoms with van der Waals surface area (Å²) >= 11 is 0. The number of likely N-dealkylation sites (tertiary alicyclic amines) is 1. The number of pyridine rings is 1. The average Bonchev–Trinajstić information content (AvgIpc) is 3.22. The highest BCUT2D eigenvalue weighted by molar-refractivity contribution is 5.79. The molecule has 2 aromatic rings. The standard InChI is InChI=1S/C20H27N5O/c26-20(25-9-2-1-3-10-25)18-6-11-24(12-7-18)19-5-4-17(14-22-19)15-23-13-8-21-16-23/h4-5,8,13-14,16,18H,1-3,6-7,9-12,15H2. The summed E-state index contributed by atoms with van der Waals surface area (Å²) in [7, 11) is 0. The molecule has 2 saturated heterocycles. The van der Waals surface area contributed by atoms with Crippen LogP contribution in [0, 0.1) is 5.92 Å². The van der Waals surface area contributed by atoms with E-state index in [4.69, 9.17) is 0 Å². The minimum atomic E-state index is 0.199. The SMILES string of the molecule is O=C(C1CCN(c2ccc(Cn3ccnc3)cn2)CC1)N1CCCCC1. The molecule has 0 radical (unpaired) electrons. The van der Waals surface area contributed by atoms with Gasteiger partial charge in [-0.05, 0) is 43.7 Å². The Labute approximate surface area is 154 Å². The fraction of sp³-hybridized carbons (Fsp3) is 0.550. The van der Waals surface area contributed by atoms with Crippen LogP contribution in [0.5, 0.6) is 0 Å². The molecular formula is C20H27N5O. The zero-order valence-electron chi connectivity index (χ0n) is 15.3. The highest BCUT2D eigenvalue weighted by atomic mass is 16.2. The Hall–Kier alpha value is -2.37. The lowest BCUT2D eigenvalue weighted by Crippen LogP contribution is -2.44. The van der Waals surface area contributed by atoms with Gasteiger partial charge in [-0.1, -0.05) is 6.07 Å². The summed E-state index contributed by atoms with van der Waals surface area (Å²) in [5, 5.41) is 0. The predicted octanol–water partition coefficient (Wildman–Crippen LogP) is 2.56. The van der Waals surface area contributed by atoms with Gasteiger partial charge in [0.15, 0.2) is 0 Å². The Bertz CT molecular complexity index is 698. The van der Waals surface area contributed by atoms with Gasteiger partial charge in [-0.15, -0.1) is 0 Å². The third-order valence-corrected chi connectivity index (χ3v) is 5.57. The van der Waals surface area contributed by atoms with E-state index in [9.17, 15) is 4.79 Å². The molecule has 1 amide bonds. The molecule has 0 bridgehead atoms. The number of hydrogen-bond donors (Lipinski definition) is 0. The topological polar surface area (TPSA) is 54.3 Å². The minimum absolute atomic E-state index is 0.199. The number of rotatable bonds is 4. The van der Waals surface area contributed by atoms with Gasteiger partial charge in [0.1, 0.15) is 5.82 Å². The van der Waals surface area contributed by atoms with Crippen molar-refractivity contribution in [3.63, 3.8) is 0 Å². The Morgan fingerprint density at radius 2 is 1.88 bits per heavy atom. The number of imidazole rings is 1. The van der Waals surface area contributed by atoms with Crippen LogP contribution in [0.1, 0.15) is 37.7 Å². The molecule has 6 heteroatoms. The second kappa shape index (κ2) is 7.89. The van der Waals surface area contributed by atoms with Gasteiger partial charge < -0.3 is 14.4 Å². The molecular weight excluding hydrogens is 326 g/mol. The first kappa shape index (κ1) is 17.1. The number of hydrogen-bond acceptors (Lipinski definition) is 4. The molecule has 0 saturated carbocycles. The summed E-state index contributed by atoms with van der Waals surface area (Å²) < 4.78 is 2.04. The number of carbonyl (C=O) groups excluding carboxylic acids is 1. The number of nitrogens with zero attached hydrogens (tertiary/aromatic N) is 5. The van der Waals surface area contributed by atoms with Crippen LogP contribution in [0.4, 0.5) is 5.82 Å². The molecule has 0 atom stereocenters. The molecule has 2 aliphatic rings. The van der Waals surface area contributed by atoms with Crippen molar-refractivity contribution in [1.29, 1.82) is 0 Å². The molecule has 0 spiro atoms. The maximum atomic E-state index is 12.7. The van der Waals surface area contributed by atoms with E-state index in [1.54, 1.807) is 6.20 Å². The van der Waals surface area contributed by atoms with Gasteiger partial charge in [0.2, 0.25) is 5.91 Å². The normalized spacial score (nSPS) is 18.9. The third-order valence-electron chi connectivity index (χ3n) is 5.57. The second-order valence-electron chi connectivity index (χ2n) is 7.41. The molecule has 0 aliphatic carbocycles. The largest absolute Gasteiger partial charge is 0.357 e. The molecule has 6 nitrogen and oxygen atoms in total. The maximum Gasteiger partial charge on any atom is 0.225 e. The minimum Gasteiger partial charge on any atom is -0.357 e. The smallest absolute Gasteiger partial charge is 0.225 e. The van der Waals surface area contributed by atoms with Gasteiger partial charge in [0.25, 0.3) is 0 Å². The zero-order chi connectivity index (χ0) is 17.8. The Balaban J connectivity index is 1.30. The van der Waals surface area contributed by atoms with Gasteiger partial charge in [-0.2, -0.15) is 0 Å². The van der Waals surface area contributed by atoms with Crippen molar-refractivity contribution in [1.82, 2.24) is 19.4 Å². The van der Waals surface area contributed by atoms with Gasteiger partial charge in [0.05, 0.1) is 6.33 Å². The monoisotopic (exact) mass is 353 g/mol. The summed E-state index contributed by atoms with van der Waals surface area (Å²) in [5.74, 6) is 1.60. The lowest BCUT2D eigenvalue weighted by molar-refractivity contribution is -0.137. The predicted molar refractivity (Wildman–Crippen MR) is 101 cm³/mol. The second-order valence-corrected chi connectivity index (χ2v) is 7.41. The number of carbonyl (C=O) groups is 1. The Morgan fingerprint density at radius 3 is 2.54 bits per heavy atom. The van der Waals surface area contributed by atoms with Crippen molar-refractivity contribution in [2.75, 3.05) is 31.1 Å². The fourth-order valence-electron chi connectivity index (χ4n) is 4.02. The van der Waals surface area contributed by atoms with E-state index in [1.807, 2.05) is 23.3 Å². The van der Waals surface area contributed by atoms with Crippen LogP contribution < -0.4 is 4.90 Å². The fourth-order valence-corrected chi connectivity index (χ4v) is 4.02. The molecule has 0 N–H and O–H groups in total. The number of amides is 1. The summed E-state index contributed by atoms with van der Waals surface area (Å²) in [6.45, 7) is 4.54. The van der Waals surface area contributed by atoms with Crippen LogP contribution >= 0.6 is 0 Å². The van der Waals surface area contributed by atoms with E-state index in [2.05, 4.69) is 31.9 Å². The van der Waals surface area contributed by atoms with Crippen molar-refractivity contribution >= 4 is 11.7 Å². The van der Waals surface area contributed by atoms with Crippen LogP contribution in [0.2, 0.25) is 0 Å². The van der Waals surface area contributed by atoms with Gasteiger partial charge in [0, 0.05) is 57.2 Å². The highest BCUT2D eigenvalue weighted by Crippen LogP contribution is 2.25. The van der Waals surface area contributed by atoms with Gasteiger partial charge in [-0.25, -0.2) is 9.97 Å². The van der Waals surface area contributed by atoms with Gasteiger partial charge >= 0.3 is 0 Å². The summed E-state index contributed by atoms with van der Waals surface area (Å²) in [6, 6.07) is 4.23. The van der Waals surface area contributed by atoms with Crippen molar-refractivity contribution in [2.24, 2.45) is 5.92 Å². The first-order valence-corrected chi connectivity index (χ1v) is 9.74. The lowest BCUT2D eigenvalue weighted by Gasteiger charge is -2.36. The van der Waals surface area contributed by atoms with Crippen LogP contribution in [0.3, 0.4) is 0 Å². The summed E-state index contributed by atoms with van der Waals surface area (Å²) in [4.78, 5) is 25.8. The molecule has 4 heterocycles. The molecule has 2 fully saturated rings. The molecule has 0 unspecified atom stereocenters. The molecule has 138 valence electrons. The molecule has 0 aromatic carbocycles. The van der Waals surface area contributed by atoms with E-state index < -0.39 is 0 Å². The molecule has 2 aromatic heterocycles. The van der Waals surface area contributed by atoms with Gasteiger partial charge in [-0.3, -0.25) is 4.79 Å². The zero-order valence-corrected chi connectivity index (χ0v) is 15.3. The van der Waals surface area contributed by atoms with Crippen molar-refractivity contribution in [2.45, 2.75) is 38.6 Å². The number of aromatic nitrogens is 3. The summed E-state index contributed by atoms with van der Waals surface area (Å²) in [6.07, 6.45) is 13.0. The van der Waals surface area contributed by atoms with E-state index in [1.165, 1.54) is 24.8 Å². The third kappa shape index (κ3) is 3.89. The molecule has 4 rings (SSSR count). The van der Waals surface area contributed by atoms with Crippen LogP contribution in [-0.4, -0.2) is 51.5 Å². The number of anilines is 1. The van der Waals surface area contributed by atoms with Crippen molar-refractivity contribution < 1.29 is 4.79 Å². The quantitative estimate of drug-likeness (QED) is 0.848.